The first-order valence-corrected chi connectivity index (χ1v) is 4.89. The van der Waals surface area contributed by atoms with Crippen LogP contribution in [0.2, 0.25) is 0 Å². The second kappa shape index (κ2) is 3.83. The first kappa shape index (κ1) is 9.26. The van der Waals surface area contributed by atoms with Gasteiger partial charge in [0.1, 0.15) is 0 Å². The average molecular weight is 198 g/mol. The van der Waals surface area contributed by atoms with Crippen molar-refractivity contribution in [2.75, 3.05) is 13.1 Å². The van der Waals surface area contributed by atoms with Crippen molar-refractivity contribution >= 4 is 0 Å². The van der Waals surface area contributed by atoms with Gasteiger partial charge in [0.05, 0.1) is 6.04 Å². The average Bonchev–Trinajstić information content (AvgIpc) is 2.45. The van der Waals surface area contributed by atoms with E-state index < -0.39 is 0 Å². The summed E-state index contributed by atoms with van der Waals surface area (Å²) in [6.45, 7) is 1.66. The van der Waals surface area contributed by atoms with E-state index in [0.29, 0.717) is 6.54 Å². The Hall–Kier alpha value is -1.30. The van der Waals surface area contributed by atoms with E-state index in [4.69, 9.17) is 0 Å². The fourth-order valence-corrected chi connectivity index (χ4v) is 1.87. The number of hydrogen-bond acceptors (Lipinski definition) is 3. The molecule has 1 aromatic rings. The van der Waals surface area contributed by atoms with Gasteiger partial charge in [-0.1, -0.05) is 6.42 Å². The molecule has 1 saturated heterocycles. The molecule has 2 heterocycles. The molecule has 1 atom stereocenters. The van der Waals surface area contributed by atoms with Gasteiger partial charge in [0, 0.05) is 6.54 Å². The molecule has 1 aliphatic heterocycles. The second-order valence-electron chi connectivity index (χ2n) is 3.58. The number of nitrogens with one attached hydrogen (secondary N) is 3. The zero-order valence-corrected chi connectivity index (χ0v) is 7.88. The molecule has 2 rings (SSSR count). The first-order valence-electron chi connectivity index (χ1n) is 4.89. The van der Waals surface area contributed by atoms with Crippen molar-refractivity contribution in [3.05, 3.63) is 21.0 Å². The Morgan fingerprint density at radius 3 is 2.57 bits per heavy atom. The van der Waals surface area contributed by atoms with Crippen molar-refractivity contribution in [2.24, 2.45) is 0 Å². The minimum absolute atomic E-state index is 0.0139. The normalized spacial score (nSPS) is 23.3. The summed E-state index contributed by atoms with van der Waals surface area (Å²) >= 11 is 0. The van der Waals surface area contributed by atoms with Crippen LogP contribution in [0, 0.1) is 0 Å². The number of nitrogens with zero attached hydrogens (tertiary/aromatic N) is 1. The highest BCUT2D eigenvalue weighted by Gasteiger charge is 2.17. The summed E-state index contributed by atoms with van der Waals surface area (Å²) in [5, 5.41) is 7.81. The summed E-state index contributed by atoms with van der Waals surface area (Å²) in [6, 6.07) is -0.0139. The van der Waals surface area contributed by atoms with E-state index in [-0.39, 0.29) is 17.4 Å². The summed E-state index contributed by atoms with van der Waals surface area (Å²) in [5.74, 6) is 0. The molecule has 6 nitrogen and oxygen atoms in total. The van der Waals surface area contributed by atoms with Crippen molar-refractivity contribution in [1.82, 2.24) is 20.1 Å². The van der Waals surface area contributed by atoms with Crippen LogP contribution in [-0.2, 0) is 0 Å². The number of rotatable bonds is 1. The van der Waals surface area contributed by atoms with Gasteiger partial charge in [-0.05, 0) is 19.4 Å². The largest absolute Gasteiger partial charge is 0.344 e. The maximum Gasteiger partial charge on any atom is 0.344 e. The Labute approximate surface area is 80.3 Å². The van der Waals surface area contributed by atoms with Crippen molar-refractivity contribution in [1.29, 1.82) is 0 Å². The van der Waals surface area contributed by atoms with E-state index in [0.717, 1.165) is 25.8 Å². The minimum atomic E-state index is -0.344. The van der Waals surface area contributed by atoms with E-state index in [1.54, 1.807) is 0 Å². The van der Waals surface area contributed by atoms with Crippen molar-refractivity contribution in [2.45, 2.75) is 25.3 Å². The molecule has 1 aromatic heterocycles. The first-order chi connectivity index (χ1) is 6.79. The number of aromatic nitrogens is 3. The number of aromatic amines is 2. The highest BCUT2D eigenvalue weighted by Crippen LogP contribution is 2.12. The van der Waals surface area contributed by atoms with Gasteiger partial charge in [-0.2, -0.15) is 0 Å². The smallest absolute Gasteiger partial charge is 0.315 e. The third-order valence-electron chi connectivity index (χ3n) is 2.60. The van der Waals surface area contributed by atoms with Gasteiger partial charge in [0.15, 0.2) is 0 Å². The molecule has 0 radical (unpaired) electrons. The fourth-order valence-electron chi connectivity index (χ4n) is 1.87. The Morgan fingerprint density at radius 2 is 1.86 bits per heavy atom. The lowest BCUT2D eigenvalue weighted by Crippen LogP contribution is -2.35. The van der Waals surface area contributed by atoms with Gasteiger partial charge in [-0.15, -0.1) is 0 Å². The van der Waals surface area contributed by atoms with Gasteiger partial charge in [0.2, 0.25) is 0 Å². The summed E-state index contributed by atoms with van der Waals surface area (Å²) < 4.78 is 1.26. The quantitative estimate of drug-likeness (QED) is 0.551. The summed E-state index contributed by atoms with van der Waals surface area (Å²) in [4.78, 5) is 22.6. The Bertz CT molecular complexity index is 366. The molecule has 14 heavy (non-hydrogen) atoms. The summed E-state index contributed by atoms with van der Waals surface area (Å²) in [6.07, 6.45) is 3.04. The number of H-pyrrole nitrogens is 2. The van der Waals surface area contributed by atoms with Crippen LogP contribution in [0.3, 0.4) is 0 Å². The molecular formula is C8H14N4O2. The molecule has 1 aliphatic rings. The zero-order chi connectivity index (χ0) is 9.97. The van der Waals surface area contributed by atoms with Gasteiger partial charge in [0.25, 0.3) is 0 Å². The standard InChI is InChI=1S/C8H14N4O2/c13-7-10-11-8(14)12(7)6-3-1-2-4-9-5-6/h6,9H,1-5H2,(H,10,13)(H,11,14). The topological polar surface area (TPSA) is 82.7 Å². The SMILES string of the molecule is O=c1[nH][nH]c(=O)n1C1CCCCNC1. The highest BCUT2D eigenvalue weighted by molar-refractivity contribution is 4.78. The lowest BCUT2D eigenvalue weighted by Gasteiger charge is -2.12. The van der Waals surface area contributed by atoms with Crippen LogP contribution in [0.15, 0.2) is 9.59 Å². The van der Waals surface area contributed by atoms with E-state index in [1.165, 1.54) is 4.57 Å². The van der Waals surface area contributed by atoms with E-state index >= 15 is 0 Å². The highest BCUT2D eigenvalue weighted by atomic mass is 16.2. The Balaban J connectivity index is 2.29. The molecule has 0 spiro atoms. The van der Waals surface area contributed by atoms with Gasteiger partial charge >= 0.3 is 11.4 Å². The molecule has 0 aliphatic carbocycles. The Kier molecular flexibility index (Phi) is 2.53. The predicted octanol–water partition coefficient (Wildman–Crippen LogP) is -0.821. The molecule has 0 aromatic carbocycles. The van der Waals surface area contributed by atoms with Crippen LogP contribution in [0.4, 0.5) is 0 Å². The zero-order valence-electron chi connectivity index (χ0n) is 7.88. The van der Waals surface area contributed by atoms with Gasteiger partial charge < -0.3 is 5.32 Å². The van der Waals surface area contributed by atoms with Crippen LogP contribution in [0.25, 0.3) is 0 Å². The number of hydrogen-bond donors (Lipinski definition) is 3. The van der Waals surface area contributed by atoms with Gasteiger partial charge in [-0.25, -0.2) is 24.4 Å². The molecule has 1 unspecified atom stereocenters. The summed E-state index contributed by atoms with van der Waals surface area (Å²) in [5.41, 5.74) is -0.688. The molecule has 0 bridgehead atoms. The maximum absolute atomic E-state index is 11.3. The van der Waals surface area contributed by atoms with Gasteiger partial charge in [-0.3, -0.25) is 0 Å². The summed E-state index contributed by atoms with van der Waals surface area (Å²) in [7, 11) is 0. The van der Waals surface area contributed by atoms with Crippen LogP contribution in [0.5, 0.6) is 0 Å². The molecule has 1 fully saturated rings. The molecule has 6 heteroatoms. The lowest BCUT2D eigenvalue weighted by molar-refractivity contribution is 0.440. The molecule has 3 N–H and O–H groups in total. The Morgan fingerprint density at radius 1 is 1.14 bits per heavy atom. The third kappa shape index (κ3) is 1.65. The van der Waals surface area contributed by atoms with Crippen LogP contribution < -0.4 is 16.7 Å². The van der Waals surface area contributed by atoms with Crippen LogP contribution >= 0.6 is 0 Å². The van der Waals surface area contributed by atoms with Crippen LogP contribution in [0.1, 0.15) is 25.3 Å². The molecule has 0 saturated carbocycles. The lowest BCUT2D eigenvalue weighted by atomic mass is 10.1. The van der Waals surface area contributed by atoms with E-state index in [1.807, 2.05) is 0 Å². The van der Waals surface area contributed by atoms with Crippen molar-refractivity contribution in [3.63, 3.8) is 0 Å². The monoisotopic (exact) mass is 198 g/mol. The second-order valence-corrected chi connectivity index (χ2v) is 3.58. The minimum Gasteiger partial charge on any atom is -0.315 e. The molecule has 78 valence electrons. The van der Waals surface area contributed by atoms with E-state index in [2.05, 4.69) is 15.5 Å². The van der Waals surface area contributed by atoms with E-state index in [9.17, 15) is 9.59 Å². The van der Waals surface area contributed by atoms with Crippen LogP contribution in [-0.4, -0.2) is 27.9 Å². The van der Waals surface area contributed by atoms with Crippen molar-refractivity contribution < 1.29 is 0 Å². The predicted molar refractivity (Wildman–Crippen MR) is 51.4 cm³/mol. The van der Waals surface area contributed by atoms with Crippen molar-refractivity contribution in [3.8, 4) is 0 Å². The molecule has 0 amide bonds. The molecular weight excluding hydrogens is 184 g/mol. The third-order valence-corrected chi connectivity index (χ3v) is 2.60. The maximum atomic E-state index is 11.3. The fraction of sp³-hybridized carbons (Fsp3) is 0.750.